The van der Waals surface area contributed by atoms with Crippen LogP contribution in [0.3, 0.4) is 0 Å². The van der Waals surface area contributed by atoms with Gasteiger partial charge in [-0.3, -0.25) is 9.59 Å². The summed E-state index contributed by atoms with van der Waals surface area (Å²) in [7, 11) is 0. The molecular weight excluding hydrogens is 349 g/mol. The molecule has 0 aromatic heterocycles. The second-order valence-corrected chi connectivity index (χ2v) is 6.39. The second-order valence-electron chi connectivity index (χ2n) is 6.39. The molecule has 2 aromatic rings. The quantitative estimate of drug-likeness (QED) is 0.515. The molecule has 0 heterocycles. The van der Waals surface area contributed by atoms with Crippen LogP contribution >= 0.6 is 0 Å². The monoisotopic (exact) mass is 373 g/mol. The van der Waals surface area contributed by atoms with E-state index in [0.717, 1.165) is 0 Å². The number of anilines is 1. The highest BCUT2D eigenvalue weighted by molar-refractivity contribution is 5.94. The third-order valence-electron chi connectivity index (χ3n) is 3.64. The molecule has 27 heavy (non-hydrogen) atoms. The molecular formula is C21H24FNO4. The Morgan fingerprint density at radius 3 is 2.63 bits per heavy atom. The number of benzene rings is 2. The third-order valence-corrected chi connectivity index (χ3v) is 3.64. The molecule has 0 bridgehead atoms. The van der Waals surface area contributed by atoms with Crippen molar-refractivity contribution in [1.29, 1.82) is 0 Å². The zero-order chi connectivity index (χ0) is 19.8. The molecule has 0 aliphatic heterocycles. The number of carbonyl (C=O) groups is 2. The largest absolute Gasteiger partial charge is 0.494 e. The number of halogens is 1. The van der Waals surface area contributed by atoms with Crippen LogP contribution in [0.1, 0.15) is 44.0 Å². The average Bonchev–Trinajstić information content (AvgIpc) is 2.61. The van der Waals surface area contributed by atoms with Gasteiger partial charge in [0.15, 0.2) is 5.78 Å². The Balaban J connectivity index is 1.84. The molecule has 1 amide bonds. The maximum absolute atomic E-state index is 13.5. The Morgan fingerprint density at radius 1 is 1.15 bits per heavy atom. The molecule has 0 radical (unpaired) electrons. The van der Waals surface area contributed by atoms with Gasteiger partial charge in [-0.25, -0.2) is 4.39 Å². The minimum atomic E-state index is -0.449. The van der Waals surface area contributed by atoms with Crippen LogP contribution in [0.25, 0.3) is 0 Å². The van der Waals surface area contributed by atoms with Crippen LogP contribution < -0.4 is 14.8 Å². The molecule has 2 aromatic carbocycles. The first-order valence-electron chi connectivity index (χ1n) is 8.85. The molecule has 0 fully saturated rings. The molecule has 0 saturated carbocycles. The lowest BCUT2D eigenvalue weighted by Crippen LogP contribution is -2.15. The maximum Gasteiger partial charge on any atom is 0.224 e. The van der Waals surface area contributed by atoms with E-state index >= 15 is 0 Å². The van der Waals surface area contributed by atoms with E-state index in [2.05, 4.69) is 5.32 Å². The van der Waals surface area contributed by atoms with Crippen molar-refractivity contribution in [2.24, 2.45) is 0 Å². The van der Waals surface area contributed by atoms with Gasteiger partial charge in [0.1, 0.15) is 17.3 Å². The summed E-state index contributed by atoms with van der Waals surface area (Å²) in [5.74, 6) is 0.276. The van der Waals surface area contributed by atoms with Crippen LogP contribution in [0, 0.1) is 5.82 Å². The Labute approximate surface area is 158 Å². The number of ether oxygens (including phenoxy) is 2. The van der Waals surface area contributed by atoms with Crippen molar-refractivity contribution in [3.8, 4) is 11.5 Å². The summed E-state index contributed by atoms with van der Waals surface area (Å²) in [6.07, 6.45) is 0.598. The summed E-state index contributed by atoms with van der Waals surface area (Å²) in [6, 6.07) is 10.9. The van der Waals surface area contributed by atoms with Crippen molar-refractivity contribution in [3.63, 3.8) is 0 Å². The van der Waals surface area contributed by atoms with E-state index in [1.807, 2.05) is 13.8 Å². The predicted octanol–water partition coefficient (Wildman–Crippen LogP) is 4.61. The summed E-state index contributed by atoms with van der Waals surface area (Å²) >= 11 is 0. The number of hydrogen-bond donors (Lipinski definition) is 1. The summed E-state index contributed by atoms with van der Waals surface area (Å²) in [5.41, 5.74) is 0.887. The van der Waals surface area contributed by atoms with Gasteiger partial charge in [-0.15, -0.1) is 0 Å². The van der Waals surface area contributed by atoms with Crippen LogP contribution in [0.15, 0.2) is 42.5 Å². The van der Waals surface area contributed by atoms with Gasteiger partial charge in [-0.05, 0) is 51.5 Å². The molecule has 6 heteroatoms. The van der Waals surface area contributed by atoms with Gasteiger partial charge in [0.2, 0.25) is 5.91 Å². The topological polar surface area (TPSA) is 64.6 Å². The number of amides is 1. The predicted molar refractivity (Wildman–Crippen MR) is 102 cm³/mol. The van der Waals surface area contributed by atoms with E-state index in [1.165, 1.54) is 25.1 Å². The third kappa shape index (κ3) is 6.73. The number of hydrogen-bond acceptors (Lipinski definition) is 4. The highest BCUT2D eigenvalue weighted by atomic mass is 19.1. The van der Waals surface area contributed by atoms with Crippen molar-refractivity contribution >= 4 is 17.4 Å². The lowest BCUT2D eigenvalue weighted by Gasteiger charge is -2.15. The molecule has 5 nitrogen and oxygen atoms in total. The lowest BCUT2D eigenvalue weighted by atomic mass is 10.1. The van der Waals surface area contributed by atoms with E-state index < -0.39 is 5.82 Å². The molecule has 2 rings (SSSR count). The van der Waals surface area contributed by atoms with Gasteiger partial charge in [-0.2, -0.15) is 0 Å². The fraction of sp³-hybridized carbons (Fsp3) is 0.333. The second kappa shape index (κ2) is 9.71. The fourth-order valence-corrected chi connectivity index (χ4v) is 2.40. The SMILES string of the molecule is CC(=O)c1cccc(OCCCC(=O)Nc2cc(F)ccc2OC(C)C)c1. The van der Waals surface area contributed by atoms with Crippen molar-refractivity contribution in [3.05, 3.63) is 53.8 Å². The van der Waals surface area contributed by atoms with E-state index in [-0.39, 0.29) is 24.2 Å². The van der Waals surface area contributed by atoms with Gasteiger partial charge in [0.25, 0.3) is 0 Å². The number of Topliss-reactive ketones (excluding diaryl/α,β-unsaturated/α-hetero) is 1. The van der Waals surface area contributed by atoms with Gasteiger partial charge in [0, 0.05) is 18.1 Å². The van der Waals surface area contributed by atoms with Crippen molar-refractivity contribution in [1.82, 2.24) is 0 Å². The van der Waals surface area contributed by atoms with Crippen molar-refractivity contribution in [2.75, 3.05) is 11.9 Å². The zero-order valence-electron chi connectivity index (χ0n) is 15.8. The number of ketones is 1. The van der Waals surface area contributed by atoms with Crippen molar-refractivity contribution < 1.29 is 23.5 Å². The maximum atomic E-state index is 13.5. The Kier molecular flexibility index (Phi) is 7.34. The zero-order valence-corrected chi connectivity index (χ0v) is 15.8. The van der Waals surface area contributed by atoms with E-state index in [1.54, 1.807) is 24.3 Å². The highest BCUT2D eigenvalue weighted by Gasteiger charge is 2.11. The summed E-state index contributed by atoms with van der Waals surface area (Å²) in [5, 5.41) is 2.68. The van der Waals surface area contributed by atoms with Gasteiger partial charge in [-0.1, -0.05) is 12.1 Å². The van der Waals surface area contributed by atoms with Gasteiger partial charge in [0.05, 0.1) is 18.4 Å². The number of nitrogens with one attached hydrogen (secondary N) is 1. The molecule has 0 aliphatic rings. The minimum absolute atomic E-state index is 0.0330. The Hall–Kier alpha value is -2.89. The first-order valence-corrected chi connectivity index (χ1v) is 8.85. The molecule has 0 aliphatic carbocycles. The first kappa shape index (κ1) is 20.4. The first-order chi connectivity index (χ1) is 12.8. The number of rotatable bonds is 9. The van der Waals surface area contributed by atoms with Crippen LogP contribution in [0.5, 0.6) is 11.5 Å². The molecule has 144 valence electrons. The molecule has 0 saturated heterocycles. The van der Waals surface area contributed by atoms with Gasteiger partial charge >= 0.3 is 0 Å². The minimum Gasteiger partial charge on any atom is -0.494 e. The molecule has 0 spiro atoms. The molecule has 0 unspecified atom stereocenters. The van der Waals surface area contributed by atoms with Crippen LogP contribution in [0.2, 0.25) is 0 Å². The smallest absolute Gasteiger partial charge is 0.224 e. The average molecular weight is 373 g/mol. The Morgan fingerprint density at radius 2 is 1.93 bits per heavy atom. The highest BCUT2D eigenvalue weighted by Crippen LogP contribution is 2.26. The summed E-state index contributed by atoms with van der Waals surface area (Å²) in [4.78, 5) is 23.5. The van der Waals surface area contributed by atoms with Crippen LogP contribution in [-0.2, 0) is 4.79 Å². The van der Waals surface area contributed by atoms with E-state index in [9.17, 15) is 14.0 Å². The standard InChI is InChI=1S/C21H24FNO4/c1-14(2)27-20-10-9-17(22)13-19(20)23-21(25)8-5-11-26-18-7-4-6-16(12-18)15(3)24/h4,6-7,9-10,12-14H,5,8,11H2,1-3H3,(H,23,25). The van der Waals surface area contributed by atoms with E-state index in [4.69, 9.17) is 9.47 Å². The number of carbonyl (C=O) groups excluding carboxylic acids is 2. The summed E-state index contributed by atoms with van der Waals surface area (Å²) in [6.45, 7) is 5.53. The van der Waals surface area contributed by atoms with Gasteiger partial charge < -0.3 is 14.8 Å². The van der Waals surface area contributed by atoms with E-state index in [0.29, 0.717) is 35.8 Å². The lowest BCUT2D eigenvalue weighted by molar-refractivity contribution is -0.116. The Bertz CT molecular complexity index is 805. The molecule has 1 N–H and O–H groups in total. The fourth-order valence-electron chi connectivity index (χ4n) is 2.40. The normalized spacial score (nSPS) is 10.6. The van der Waals surface area contributed by atoms with Crippen LogP contribution in [-0.4, -0.2) is 24.4 Å². The van der Waals surface area contributed by atoms with Crippen molar-refractivity contribution in [2.45, 2.75) is 39.7 Å². The van der Waals surface area contributed by atoms with Crippen LogP contribution in [0.4, 0.5) is 10.1 Å². The molecule has 0 atom stereocenters. The summed E-state index contributed by atoms with van der Waals surface area (Å²) < 4.78 is 24.6.